The van der Waals surface area contributed by atoms with Gasteiger partial charge in [-0.2, -0.15) is 0 Å². The second-order valence-electron chi connectivity index (χ2n) is 6.21. The molecule has 0 aromatic carbocycles. The molecule has 7 heteroatoms. The lowest BCUT2D eigenvalue weighted by molar-refractivity contribution is -0.145. The average molecular weight is 300 g/mol. The minimum absolute atomic E-state index is 0.120. The molecule has 0 aromatic heterocycles. The summed E-state index contributed by atoms with van der Waals surface area (Å²) < 4.78 is 9.75. The molecule has 2 atom stereocenters. The average Bonchev–Trinajstić information content (AvgIpc) is 3.16. The number of nitrogens with one attached hydrogen (secondary N) is 2. The number of amides is 2. The molecule has 1 rings (SSSR count). The molecule has 0 heterocycles. The van der Waals surface area contributed by atoms with Crippen molar-refractivity contribution in [3.8, 4) is 0 Å². The van der Waals surface area contributed by atoms with Crippen LogP contribution in [0.5, 0.6) is 0 Å². The minimum Gasteiger partial charge on any atom is -0.467 e. The highest BCUT2D eigenvalue weighted by molar-refractivity contribution is 5.89. The van der Waals surface area contributed by atoms with Crippen LogP contribution in [0.15, 0.2) is 0 Å². The third kappa shape index (κ3) is 6.01. The van der Waals surface area contributed by atoms with Gasteiger partial charge < -0.3 is 20.1 Å². The van der Waals surface area contributed by atoms with Crippen LogP contribution >= 0.6 is 0 Å². The maximum Gasteiger partial charge on any atom is 0.408 e. The topological polar surface area (TPSA) is 93.7 Å². The van der Waals surface area contributed by atoms with E-state index in [0.717, 1.165) is 12.8 Å². The van der Waals surface area contributed by atoms with E-state index in [-0.39, 0.29) is 5.92 Å². The monoisotopic (exact) mass is 300 g/mol. The first-order chi connectivity index (χ1) is 9.64. The van der Waals surface area contributed by atoms with Crippen LogP contribution in [-0.2, 0) is 19.1 Å². The van der Waals surface area contributed by atoms with Gasteiger partial charge in [-0.3, -0.25) is 4.79 Å². The number of carbonyl (C=O) groups is 3. The SMILES string of the molecule is COC(=O)C(NC(=O)[C@H](C)NC(=O)OC(C)(C)C)C1CC1. The van der Waals surface area contributed by atoms with Gasteiger partial charge in [0.2, 0.25) is 5.91 Å². The second kappa shape index (κ2) is 6.78. The van der Waals surface area contributed by atoms with Crippen LogP contribution in [-0.4, -0.2) is 42.8 Å². The van der Waals surface area contributed by atoms with Crippen molar-refractivity contribution in [2.45, 2.75) is 58.2 Å². The Kier molecular flexibility index (Phi) is 5.57. The molecule has 2 N–H and O–H groups in total. The van der Waals surface area contributed by atoms with Crippen LogP contribution in [0.1, 0.15) is 40.5 Å². The molecule has 0 spiro atoms. The zero-order valence-electron chi connectivity index (χ0n) is 13.2. The van der Waals surface area contributed by atoms with Crippen LogP contribution in [0.25, 0.3) is 0 Å². The number of alkyl carbamates (subject to hydrolysis) is 1. The molecule has 0 bridgehead atoms. The summed E-state index contributed by atoms with van der Waals surface area (Å²) in [6, 6.07) is -1.45. The number of methoxy groups -OCH3 is 1. The Bertz CT molecular complexity index is 412. The van der Waals surface area contributed by atoms with Crippen molar-refractivity contribution in [1.82, 2.24) is 10.6 Å². The summed E-state index contributed by atoms with van der Waals surface area (Å²) in [6.45, 7) is 6.73. The molecule has 1 aliphatic rings. The van der Waals surface area contributed by atoms with Crippen LogP contribution in [0.3, 0.4) is 0 Å². The second-order valence-corrected chi connectivity index (χ2v) is 6.21. The first-order valence-electron chi connectivity index (χ1n) is 7.01. The molecule has 2 amide bonds. The van der Waals surface area contributed by atoms with Gasteiger partial charge >= 0.3 is 12.1 Å². The summed E-state index contributed by atoms with van der Waals surface area (Å²) >= 11 is 0. The van der Waals surface area contributed by atoms with Gasteiger partial charge in [0, 0.05) is 0 Å². The zero-order chi connectivity index (χ0) is 16.2. The van der Waals surface area contributed by atoms with Gasteiger partial charge in [0.25, 0.3) is 0 Å². The van der Waals surface area contributed by atoms with E-state index in [1.165, 1.54) is 14.0 Å². The summed E-state index contributed by atoms with van der Waals surface area (Å²) in [5, 5.41) is 5.05. The normalized spacial score (nSPS) is 17.4. The molecule has 1 saturated carbocycles. The lowest BCUT2D eigenvalue weighted by Crippen LogP contribution is -2.52. The summed E-state index contributed by atoms with van der Waals surface area (Å²) in [5.74, 6) is -0.784. The number of ether oxygens (including phenoxy) is 2. The lowest BCUT2D eigenvalue weighted by Gasteiger charge is -2.23. The van der Waals surface area contributed by atoms with Gasteiger partial charge in [0.15, 0.2) is 0 Å². The fourth-order valence-electron chi connectivity index (χ4n) is 1.75. The first kappa shape index (κ1) is 17.3. The molecule has 1 aliphatic carbocycles. The summed E-state index contributed by atoms with van der Waals surface area (Å²) in [6.07, 6.45) is 1.09. The van der Waals surface area contributed by atoms with Gasteiger partial charge in [-0.1, -0.05) is 0 Å². The van der Waals surface area contributed by atoms with E-state index in [2.05, 4.69) is 15.4 Å². The van der Waals surface area contributed by atoms with Gasteiger partial charge in [-0.15, -0.1) is 0 Å². The number of esters is 1. The largest absolute Gasteiger partial charge is 0.467 e. The number of hydrogen-bond acceptors (Lipinski definition) is 5. The van der Waals surface area contributed by atoms with E-state index >= 15 is 0 Å². The highest BCUT2D eigenvalue weighted by Crippen LogP contribution is 2.33. The number of rotatable bonds is 5. The Labute approximate surface area is 124 Å². The molecule has 1 unspecified atom stereocenters. The molecule has 120 valence electrons. The molecule has 21 heavy (non-hydrogen) atoms. The van der Waals surface area contributed by atoms with Gasteiger partial charge in [0.05, 0.1) is 7.11 Å². The Morgan fingerprint density at radius 2 is 1.71 bits per heavy atom. The molecule has 0 aliphatic heterocycles. The standard InChI is InChI=1S/C14H24N2O5/c1-8(15-13(19)21-14(2,3)4)11(17)16-10(9-6-7-9)12(18)20-5/h8-10H,6-7H2,1-5H3,(H,15,19)(H,16,17)/t8-,10?/m0/s1. The van der Waals surface area contributed by atoms with E-state index in [1.807, 2.05) is 0 Å². The van der Waals surface area contributed by atoms with Gasteiger partial charge in [0.1, 0.15) is 17.7 Å². The summed E-state index contributed by atoms with van der Waals surface area (Å²) in [4.78, 5) is 35.2. The van der Waals surface area contributed by atoms with E-state index in [4.69, 9.17) is 4.74 Å². The summed E-state index contributed by atoms with van der Waals surface area (Å²) in [7, 11) is 1.28. The fourth-order valence-corrected chi connectivity index (χ4v) is 1.75. The Hall–Kier alpha value is -1.79. The van der Waals surface area contributed by atoms with Crippen molar-refractivity contribution in [1.29, 1.82) is 0 Å². The van der Waals surface area contributed by atoms with Crippen molar-refractivity contribution >= 4 is 18.0 Å². The third-order valence-corrected chi connectivity index (χ3v) is 2.97. The van der Waals surface area contributed by atoms with Gasteiger partial charge in [-0.25, -0.2) is 9.59 Å². The third-order valence-electron chi connectivity index (χ3n) is 2.97. The highest BCUT2D eigenvalue weighted by Gasteiger charge is 2.38. The maximum atomic E-state index is 12.0. The molecular formula is C14H24N2O5. The van der Waals surface area contributed by atoms with Crippen molar-refractivity contribution in [2.75, 3.05) is 7.11 Å². The number of hydrogen-bond donors (Lipinski definition) is 2. The molecule has 0 aromatic rings. The van der Waals surface area contributed by atoms with E-state index < -0.39 is 35.7 Å². The van der Waals surface area contributed by atoms with Crippen molar-refractivity contribution in [2.24, 2.45) is 5.92 Å². The molecule has 1 fully saturated rings. The molecule has 0 radical (unpaired) electrons. The quantitative estimate of drug-likeness (QED) is 0.738. The van der Waals surface area contributed by atoms with Gasteiger partial charge in [-0.05, 0) is 46.5 Å². The Morgan fingerprint density at radius 3 is 2.14 bits per heavy atom. The van der Waals surface area contributed by atoms with E-state index in [9.17, 15) is 14.4 Å². The fraction of sp³-hybridized carbons (Fsp3) is 0.786. The lowest BCUT2D eigenvalue weighted by atomic mass is 10.1. The highest BCUT2D eigenvalue weighted by atomic mass is 16.6. The Morgan fingerprint density at radius 1 is 1.14 bits per heavy atom. The number of carbonyl (C=O) groups excluding carboxylic acids is 3. The van der Waals surface area contributed by atoms with Crippen molar-refractivity contribution in [3.05, 3.63) is 0 Å². The molecular weight excluding hydrogens is 276 g/mol. The molecule has 0 saturated heterocycles. The van der Waals surface area contributed by atoms with Crippen LogP contribution in [0, 0.1) is 5.92 Å². The van der Waals surface area contributed by atoms with Crippen molar-refractivity contribution in [3.63, 3.8) is 0 Å². The zero-order valence-corrected chi connectivity index (χ0v) is 13.2. The van der Waals surface area contributed by atoms with E-state index in [1.54, 1.807) is 20.8 Å². The van der Waals surface area contributed by atoms with E-state index in [0.29, 0.717) is 0 Å². The first-order valence-corrected chi connectivity index (χ1v) is 7.01. The van der Waals surface area contributed by atoms with Crippen LogP contribution < -0.4 is 10.6 Å². The van der Waals surface area contributed by atoms with Crippen molar-refractivity contribution < 1.29 is 23.9 Å². The smallest absolute Gasteiger partial charge is 0.408 e. The Balaban J connectivity index is 2.49. The predicted octanol–water partition coefficient (Wildman–Crippen LogP) is 0.967. The predicted molar refractivity (Wildman–Crippen MR) is 75.5 cm³/mol. The van der Waals surface area contributed by atoms with Crippen LogP contribution in [0.4, 0.5) is 4.79 Å². The minimum atomic E-state index is -0.800. The van der Waals surface area contributed by atoms with Crippen LogP contribution in [0.2, 0.25) is 0 Å². The summed E-state index contributed by atoms with van der Waals surface area (Å²) in [5.41, 5.74) is -0.636. The maximum absolute atomic E-state index is 12.0. The molecule has 7 nitrogen and oxygen atoms in total.